The van der Waals surface area contributed by atoms with Gasteiger partial charge in [0.05, 0.1) is 36.9 Å². The summed E-state index contributed by atoms with van der Waals surface area (Å²) in [6.45, 7) is 5.23. The maximum absolute atomic E-state index is 13.5. The number of carbonyl (C=O) groups excluding carboxylic acids is 3. The van der Waals surface area contributed by atoms with Crippen molar-refractivity contribution in [2.24, 2.45) is 0 Å². The lowest BCUT2D eigenvalue weighted by Crippen LogP contribution is -2.29. The van der Waals surface area contributed by atoms with Crippen LogP contribution in [0.2, 0.25) is 0 Å². The van der Waals surface area contributed by atoms with Crippen LogP contribution in [0.15, 0.2) is 72.3 Å². The first-order valence-electron chi connectivity index (χ1n) is 12.9. The minimum Gasteiger partial charge on any atom is -0.507 e. The number of ether oxygens (including phenoxy) is 2. The van der Waals surface area contributed by atoms with Gasteiger partial charge in [0.2, 0.25) is 0 Å². The van der Waals surface area contributed by atoms with Crippen molar-refractivity contribution >= 4 is 34.8 Å². The maximum Gasteiger partial charge on any atom is 0.310 e. The van der Waals surface area contributed by atoms with Crippen LogP contribution in [0.25, 0.3) is 5.76 Å². The zero-order chi connectivity index (χ0) is 27.7. The zero-order valence-corrected chi connectivity index (χ0v) is 22.1. The Hall–Kier alpha value is -4.59. The Balaban J connectivity index is 1.60. The van der Waals surface area contributed by atoms with Gasteiger partial charge in [-0.25, -0.2) is 0 Å². The highest BCUT2D eigenvalue weighted by Gasteiger charge is 2.47. The van der Waals surface area contributed by atoms with Crippen molar-refractivity contribution in [3.8, 4) is 5.75 Å². The number of hydrogen-bond acceptors (Lipinski definition) is 7. The first-order chi connectivity index (χ1) is 18.8. The number of ketones is 1. The number of carbonyl (C=O) groups is 3. The third-order valence-corrected chi connectivity index (χ3v) is 7.00. The van der Waals surface area contributed by atoms with Crippen LogP contribution in [-0.2, 0) is 25.5 Å². The summed E-state index contributed by atoms with van der Waals surface area (Å²) in [6.07, 6.45) is 0.102. The fourth-order valence-electron chi connectivity index (χ4n) is 5.06. The normalized spacial score (nSPS) is 18.1. The molecule has 8 heteroatoms. The highest BCUT2D eigenvalue weighted by Crippen LogP contribution is 2.43. The van der Waals surface area contributed by atoms with Crippen molar-refractivity contribution in [3.05, 3.63) is 94.6 Å². The molecule has 3 aromatic rings. The van der Waals surface area contributed by atoms with Gasteiger partial charge in [0.1, 0.15) is 18.1 Å². The van der Waals surface area contributed by atoms with Gasteiger partial charge in [-0.15, -0.1) is 0 Å². The average Bonchev–Trinajstić information content (AvgIpc) is 3.19. The van der Waals surface area contributed by atoms with Gasteiger partial charge in [-0.1, -0.05) is 42.0 Å². The second kappa shape index (κ2) is 10.6. The van der Waals surface area contributed by atoms with Crippen LogP contribution in [0.4, 0.5) is 11.4 Å². The molecule has 1 unspecified atom stereocenters. The molecule has 1 amide bonds. The highest BCUT2D eigenvalue weighted by molar-refractivity contribution is 6.51. The number of likely N-dealkylation sites (N-methyl/N-ethyl adjacent to an activating group) is 1. The molecule has 0 aliphatic carbocycles. The quantitative estimate of drug-likeness (QED) is 0.218. The van der Waals surface area contributed by atoms with Crippen molar-refractivity contribution in [1.82, 2.24) is 0 Å². The van der Waals surface area contributed by atoms with Crippen LogP contribution in [0.5, 0.6) is 5.75 Å². The van der Waals surface area contributed by atoms with E-state index in [9.17, 15) is 19.5 Å². The second-order valence-corrected chi connectivity index (χ2v) is 9.68. The number of anilines is 2. The van der Waals surface area contributed by atoms with Gasteiger partial charge in [-0.3, -0.25) is 19.3 Å². The number of aryl methyl sites for hydroxylation is 1. The van der Waals surface area contributed by atoms with E-state index in [0.717, 1.165) is 16.8 Å². The van der Waals surface area contributed by atoms with Crippen molar-refractivity contribution < 1.29 is 29.0 Å². The summed E-state index contributed by atoms with van der Waals surface area (Å²) in [5, 5.41) is 11.5. The Kier molecular flexibility index (Phi) is 7.11. The van der Waals surface area contributed by atoms with E-state index in [2.05, 4.69) is 0 Å². The smallest absolute Gasteiger partial charge is 0.310 e. The predicted molar refractivity (Wildman–Crippen MR) is 148 cm³/mol. The van der Waals surface area contributed by atoms with E-state index >= 15 is 0 Å². The Morgan fingerprint density at radius 3 is 2.56 bits per heavy atom. The molecular weight excluding hydrogens is 496 g/mol. The number of aliphatic hydroxyl groups is 1. The molecule has 0 radical (unpaired) electrons. The Labute approximate surface area is 227 Å². The fraction of sp³-hybridized carbons (Fsp3) is 0.258. The number of nitrogens with zero attached hydrogens (tertiary/aromatic N) is 2. The molecule has 1 saturated heterocycles. The lowest BCUT2D eigenvalue weighted by molar-refractivity contribution is -0.142. The van der Waals surface area contributed by atoms with Crippen molar-refractivity contribution in [1.29, 1.82) is 0 Å². The molecule has 0 aromatic heterocycles. The summed E-state index contributed by atoms with van der Waals surface area (Å²) in [6, 6.07) is 18.8. The molecule has 39 heavy (non-hydrogen) atoms. The number of aliphatic hydroxyl groups excluding tert-OH is 1. The summed E-state index contributed by atoms with van der Waals surface area (Å²) in [5.74, 6) is -1.40. The van der Waals surface area contributed by atoms with Gasteiger partial charge in [0, 0.05) is 18.3 Å². The largest absolute Gasteiger partial charge is 0.507 e. The molecular formula is C31H30N2O6. The number of esters is 1. The Morgan fingerprint density at radius 1 is 1.08 bits per heavy atom. The second-order valence-electron chi connectivity index (χ2n) is 9.68. The third-order valence-electron chi connectivity index (χ3n) is 7.00. The van der Waals surface area contributed by atoms with Gasteiger partial charge >= 0.3 is 5.97 Å². The molecule has 0 saturated carbocycles. The van der Waals surface area contributed by atoms with Crippen LogP contribution >= 0.6 is 0 Å². The highest BCUT2D eigenvalue weighted by atomic mass is 16.5. The van der Waals surface area contributed by atoms with Crippen LogP contribution in [-0.4, -0.2) is 49.6 Å². The molecule has 0 spiro atoms. The summed E-state index contributed by atoms with van der Waals surface area (Å²) >= 11 is 0. The number of fused-ring (bicyclic) bond motifs is 1. The van der Waals surface area contributed by atoms with Crippen molar-refractivity contribution in [2.75, 3.05) is 36.6 Å². The van der Waals surface area contributed by atoms with Crippen LogP contribution in [0, 0.1) is 6.92 Å². The minimum atomic E-state index is -0.842. The molecule has 1 fully saturated rings. The molecule has 5 rings (SSSR count). The number of hydrogen-bond donors (Lipinski definition) is 1. The SMILES string of the molecule is CCOC(=O)Cc1ccc(N2C(=O)C(=O)/C(=C(\O)c3ccc4c(c3)N(C)CCO4)C2c2cccc(C)c2)cc1. The number of rotatable bonds is 6. The maximum atomic E-state index is 13.5. The monoisotopic (exact) mass is 526 g/mol. The number of amides is 1. The van der Waals surface area contributed by atoms with Gasteiger partial charge in [0.15, 0.2) is 0 Å². The van der Waals surface area contributed by atoms with E-state index in [4.69, 9.17) is 9.47 Å². The molecule has 3 aromatic carbocycles. The summed E-state index contributed by atoms with van der Waals surface area (Å²) in [5.41, 5.74) is 4.09. The first-order valence-corrected chi connectivity index (χ1v) is 12.9. The van der Waals surface area contributed by atoms with Gasteiger partial charge in [0.25, 0.3) is 11.7 Å². The van der Waals surface area contributed by atoms with Crippen molar-refractivity contribution in [2.45, 2.75) is 26.3 Å². The van der Waals surface area contributed by atoms with E-state index < -0.39 is 17.7 Å². The van der Waals surface area contributed by atoms with Crippen LogP contribution in [0.3, 0.4) is 0 Å². The lowest BCUT2D eigenvalue weighted by Gasteiger charge is -2.28. The molecule has 1 atom stereocenters. The molecule has 0 bridgehead atoms. The van der Waals surface area contributed by atoms with E-state index in [1.807, 2.05) is 43.1 Å². The predicted octanol–water partition coefficient (Wildman–Crippen LogP) is 4.56. The summed E-state index contributed by atoms with van der Waals surface area (Å²) < 4.78 is 10.7. The molecule has 2 aliphatic heterocycles. The first kappa shape index (κ1) is 26.0. The molecule has 1 N–H and O–H groups in total. The topological polar surface area (TPSA) is 96.4 Å². The summed E-state index contributed by atoms with van der Waals surface area (Å²) in [7, 11) is 1.93. The Bertz CT molecular complexity index is 1480. The van der Waals surface area contributed by atoms with Crippen LogP contribution in [0.1, 0.15) is 35.2 Å². The van der Waals surface area contributed by atoms with E-state index in [0.29, 0.717) is 42.3 Å². The Morgan fingerprint density at radius 2 is 1.85 bits per heavy atom. The lowest BCUT2D eigenvalue weighted by atomic mass is 9.94. The molecule has 200 valence electrons. The van der Waals surface area contributed by atoms with Gasteiger partial charge in [-0.2, -0.15) is 0 Å². The van der Waals surface area contributed by atoms with E-state index in [-0.39, 0.29) is 23.7 Å². The van der Waals surface area contributed by atoms with Crippen LogP contribution < -0.4 is 14.5 Å². The summed E-state index contributed by atoms with van der Waals surface area (Å²) in [4.78, 5) is 42.3. The van der Waals surface area contributed by atoms with Gasteiger partial charge < -0.3 is 19.5 Å². The fourth-order valence-corrected chi connectivity index (χ4v) is 5.06. The van der Waals surface area contributed by atoms with Gasteiger partial charge in [-0.05, 0) is 55.3 Å². The van der Waals surface area contributed by atoms with Crippen molar-refractivity contribution in [3.63, 3.8) is 0 Å². The van der Waals surface area contributed by atoms with E-state index in [1.54, 1.807) is 49.4 Å². The average molecular weight is 527 g/mol. The zero-order valence-electron chi connectivity index (χ0n) is 22.1. The molecule has 2 aliphatic rings. The third kappa shape index (κ3) is 4.97. The number of benzene rings is 3. The van der Waals surface area contributed by atoms with E-state index in [1.165, 1.54) is 4.90 Å². The minimum absolute atomic E-state index is 0.0144. The molecule has 2 heterocycles. The standard InChI is InChI=1S/C31H30N2O6/c1-4-38-26(34)17-20-8-11-23(12-9-20)33-28(21-7-5-6-19(2)16-21)27(30(36)31(33)37)29(35)22-10-13-25-24(18-22)32(3)14-15-39-25/h5-13,16,18,28,35H,4,14-15,17H2,1-3H3/b29-27-. The molecule has 8 nitrogen and oxygen atoms in total. The number of Topliss-reactive ketones (excluding diaryl/α,β-unsaturated/α-hetero) is 1.